The summed E-state index contributed by atoms with van der Waals surface area (Å²) in [5.41, 5.74) is 1.14. The Morgan fingerprint density at radius 1 is 1.30 bits per heavy atom. The molecule has 1 unspecified atom stereocenters. The highest BCUT2D eigenvalue weighted by Gasteiger charge is 2.21. The van der Waals surface area contributed by atoms with Crippen LogP contribution in [0.15, 0.2) is 6.20 Å². The smallest absolute Gasteiger partial charge is 0.161 e. The largest absolute Gasteiger partial charge is 0.493 e. The van der Waals surface area contributed by atoms with Gasteiger partial charge in [0.25, 0.3) is 0 Å². The summed E-state index contributed by atoms with van der Waals surface area (Å²) in [5, 5.41) is 8.03. The van der Waals surface area contributed by atoms with Crippen LogP contribution in [0.5, 0.6) is 5.75 Å². The number of methoxy groups -OCH3 is 1. The van der Waals surface area contributed by atoms with Crippen molar-refractivity contribution in [1.29, 1.82) is 0 Å². The summed E-state index contributed by atoms with van der Waals surface area (Å²) >= 11 is 0. The molecule has 0 spiro atoms. The van der Waals surface area contributed by atoms with Crippen molar-refractivity contribution < 1.29 is 9.47 Å². The zero-order valence-electron chi connectivity index (χ0n) is 13.3. The fraction of sp³-hybridized carbons (Fsp3) is 0.800. The van der Waals surface area contributed by atoms with E-state index in [4.69, 9.17) is 9.47 Å². The third-order valence-electron chi connectivity index (χ3n) is 3.23. The van der Waals surface area contributed by atoms with E-state index in [1.165, 1.54) is 0 Å². The highest BCUT2D eigenvalue weighted by molar-refractivity contribution is 5.28. The van der Waals surface area contributed by atoms with Crippen LogP contribution in [0.2, 0.25) is 0 Å². The van der Waals surface area contributed by atoms with Crippen LogP contribution in [0.25, 0.3) is 0 Å². The van der Waals surface area contributed by atoms with Gasteiger partial charge in [0, 0.05) is 19.8 Å². The summed E-state index contributed by atoms with van der Waals surface area (Å²) in [6, 6.07) is 0.227. The van der Waals surface area contributed by atoms with Gasteiger partial charge in [0.15, 0.2) is 5.75 Å². The molecular weight excluding hydrogens is 254 g/mol. The molecule has 1 heterocycles. The normalized spacial score (nSPS) is 12.6. The molecule has 1 atom stereocenters. The van der Waals surface area contributed by atoms with E-state index in [0.717, 1.165) is 57.0 Å². The molecule has 0 aliphatic heterocycles. The maximum atomic E-state index is 5.50. The molecule has 1 aromatic heterocycles. The van der Waals surface area contributed by atoms with Crippen molar-refractivity contribution in [3.63, 3.8) is 0 Å². The minimum absolute atomic E-state index is 0.227. The molecule has 0 aliphatic carbocycles. The van der Waals surface area contributed by atoms with Crippen LogP contribution in [-0.4, -0.2) is 36.6 Å². The fourth-order valence-electron chi connectivity index (χ4n) is 2.28. The lowest BCUT2D eigenvalue weighted by Crippen LogP contribution is -2.26. The second-order valence-electron chi connectivity index (χ2n) is 4.81. The number of aryl methyl sites for hydroxylation is 1. The Bertz CT molecular complexity index is 366. The van der Waals surface area contributed by atoms with Crippen molar-refractivity contribution in [2.45, 2.75) is 52.6 Å². The SMILES string of the molecule is CCCNC(CCOCC)c1c(OC)cnn1CCC. The molecule has 1 aromatic rings. The molecule has 0 bridgehead atoms. The lowest BCUT2D eigenvalue weighted by molar-refractivity contribution is 0.135. The van der Waals surface area contributed by atoms with E-state index in [0.29, 0.717) is 0 Å². The quantitative estimate of drug-likeness (QED) is 0.634. The number of nitrogens with zero attached hydrogens (tertiary/aromatic N) is 2. The van der Waals surface area contributed by atoms with E-state index in [9.17, 15) is 0 Å². The van der Waals surface area contributed by atoms with E-state index in [-0.39, 0.29) is 6.04 Å². The molecular formula is C15H29N3O2. The van der Waals surface area contributed by atoms with Crippen molar-refractivity contribution in [3.05, 3.63) is 11.9 Å². The van der Waals surface area contributed by atoms with Crippen LogP contribution in [0.3, 0.4) is 0 Å². The predicted molar refractivity (Wildman–Crippen MR) is 81.2 cm³/mol. The molecule has 0 aromatic carbocycles. The average molecular weight is 283 g/mol. The monoisotopic (exact) mass is 283 g/mol. The Balaban J connectivity index is 2.87. The summed E-state index contributed by atoms with van der Waals surface area (Å²) in [6.45, 7) is 9.76. The first-order valence-corrected chi connectivity index (χ1v) is 7.69. The number of rotatable bonds is 11. The first-order chi connectivity index (χ1) is 9.78. The molecule has 0 amide bonds. The fourth-order valence-corrected chi connectivity index (χ4v) is 2.28. The molecule has 0 saturated carbocycles. The van der Waals surface area contributed by atoms with Crippen LogP contribution >= 0.6 is 0 Å². The summed E-state index contributed by atoms with van der Waals surface area (Å²) in [5.74, 6) is 0.864. The van der Waals surface area contributed by atoms with Gasteiger partial charge in [-0.05, 0) is 32.7 Å². The van der Waals surface area contributed by atoms with E-state index in [1.54, 1.807) is 7.11 Å². The zero-order valence-corrected chi connectivity index (χ0v) is 13.3. The molecule has 20 heavy (non-hydrogen) atoms. The lowest BCUT2D eigenvalue weighted by atomic mass is 10.1. The second-order valence-corrected chi connectivity index (χ2v) is 4.81. The van der Waals surface area contributed by atoms with Crippen LogP contribution in [0, 0.1) is 0 Å². The Morgan fingerprint density at radius 2 is 2.10 bits per heavy atom. The van der Waals surface area contributed by atoms with Gasteiger partial charge in [-0.2, -0.15) is 5.10 Å². The minimum atomic E-state index is 0.227. The summed E-state index contributed by atoms with van der Waals surface area (Å²) < 4.78 is 13.0. The number of nitrogens with one attached hydrogen (secondary N) is 1. The van der Waals surface area contributed by atoms with Crippen LogP contribution < -0.4 is 10.1 Å². The van der Waals surface area contributed by atoms with Gasteiger partial charge in [0.2, 0.25) is 0 Å². The topological polar surface area (TPSA) is 48.3 Å². The molecule has 5 nitrogen and oxygen atoms in total. The van der Waals surface area contributed by atoms with E-state index in [2.05, 4.69) is 28.9 Å². The van der Waals surface area contributed by atoms with Crippen molar-refractivity contribution in [2.75, 3.05) is 26.9 Å². The lowest BCUT2D eigenvalue weighted by Gasteiger charge is -2.21. The zero-order chi connectivity index (χ0) is 14.8. The van der Waals surface area contributed by atoms with Gasteiger partial charge in [-0.1, -0.05) is 13.8 Å². The van der Waals surface area contributed by atoms with Crippen LogP contribution in [-0.2, 0) is 11.3 Å². The van der Waals surface area contributed by atoms with Gasteiger partial charge in [-0.15, -0.1) is 0 Å². The van der Waals surface area contributed by atoms with Crippen molar-refractivity contribution in [2.24, 2.45) is 0 Å². The average Bonchev–Trinajstić information content (AvgIpc) is 2.86. The number of aromatic nitrogens is 2. The minimum Gasteiger partial charge on any atom is -0.493 e. The Morgan fingerprint density at radius 3 is 2.70 bits per heavy atom. The molecule has 0 saturated heterocycles. The van der Waals surface area contributed by atoms with E-state index in [1.807, 2.05) is 13.1 Å². The van der Waals surface area contributed by atoms with Crippen LogP contribution in [0.4, 0.5) is 0 Å². The number of hydrogen-bond acceptors (Lipinski definition) is 4. The third-order valence-corrected chi connectivity index (χ3v) is 3.23. The van der Waals surface area contributed by atoms with Gasteiger partial charge >= 0.3 is 0 Å². The number of hydrogen-bond donors (Lipinski definition) is 1. The number of ether oxygens (including phenoxy) is 2. The highest BCUT2D eigenvalue weighted by Crippen LogP contribution is 2.27. The first kappa shape index (κ1) is 17.0. The van der Waals surface area contributed by atoms with Gasteiger partial charge < -0.3 is 14.8 Å². The molecule has 1 N–H and O–H groups in total. The molecule has 0 fully saturated rings. The van der Waals surface area contributed by atoms with Gasteiger partial charge in [0.1, 0.15) is 0 Å². The maximum Gasteiger partial charge on any atom is 0.161 e. The van der Waals surface area contributed by atoms with Crippen molar-refractivity contribution in [1.82, 2.24) is 15.1 Å². The highest BCUT2D eigenvalue weighted by atomic mass is 16.5. The summed E-state index contributed by atoms with van der Waals surface area (Å²) in [4.78, 5) is 0. The summed E-state index contributed by atoms with van der Waals surface area (Å²) in [7, 11) is 1.70. The Hall–Kier alpha value is -1.07. The molecule has 1 rings (SSSR count). The van der Waals surface area contributed by atoms with Gasteiger partial charge in [0.05, 0.1) is 25.0 Å². The maximum absolute atomic E-state index is 5.50. The summed E-state index contributed by atoms with van der Waals surface area (Å²) in [6.07, 6.45) is 4.91. The van der Waals surface area contributed by atoms with Crippen LogP contribution in [0.1, 0.15) is 51.8 Å². The molecule has 0 radical (unpaired) electrons. The second kappa shape index (κ2) is 9.77. The molecule has 5 heteroatoms. The van der Waals surface area contributed by atoms with E-state index >= 15 is 0 Å². The van der Waals surface area contributed by atoms with Gasteiger partial charge in [-0.3, -0.25) is 4.68 Å². The van der Waals surface area contributed by atoms with Crippen molar-refractivity contribution >= 4 is 0 Å². The van der Waals surface area contributed by atoms with Crippen molar-refractivity contribution in [3.8, 4) is 5.75 Å². The Labute approximate surface area is 122 Å². The Kier molecular flexibility index (Phi) is 8.30. The standard InChI is InChI=1S/C15H29N3O2/c1-5-9-16-13(8-11-20-7-3)15-14(19-4)12-17-18(15)10-6-2/h12-13,16H,5-11H2,1-4H3. The predicted octanol–water partition coefficient (Wildman–Crippen LogP) is 2.77. The first-order valence-electron chi connectivity index (χ1n) is 7.69. The third kappa shape index (κ3) is 4.80. The molecule has 0 aliphatic rings. The van der Waals surface area contributed by atoms with E-state index < -0.39 is 0 Å². The molecule has 116 valence electrons. The van der Waals surface area contributed by atoms with Gasteiger partial charge in [-0.25, -0.2) is 0 Å².